The van der Waals surface area contributed by atoms with E-state index in [1.54, 1.807) is 11.3 Å². The van der Waals surface area contributed by atoms with Crippen LogP contribution in [0.25, 0.3) is 0 Å². The zero-order valence-corrected chi connectivity index (χ0v) is 7.86. The molecule has 0 unspecified atom stereocenters. The zero-order chi connectivity index (χ0) is 8.97. The van der Waals surface area contributed by atoms with E-state index in [1.807, 2.05) is 12.2 Å². The molecule has 1 aromatic rings. The highest BCUT2D eigenvalue weighted by Gasteiger charge is 2.04. The minimum atomic E-state index is 0.861. The molecule has 0 saturated carbocycles. The van der Waals surface area contributed by atoms with Gasteiger partial charge in [-0.2, -0.15) is 0 Å². The predicted molar refractivity (Wildman–Crippen MR) is 56.5 cm³/mol. The first-order valence-corrected chi connectivity index (χ1v) is 4.74. The molecule has 1 rings (SSSR count). The molecular formula is C10H13NS. The maximum absolute atomic E-state index is 5.89. The van der Waals surface area contributed by atoms with Gasteiger partial charge in [0.15, 0.2) is 0 Å². The van der Waals surface area contributed by atoms with Gasteiger partial charge in [0, 0.05) is 17.0 Å². The molecule has 12 heavy (non-hydrogen) atoms. The summed E-state index contributed by atoms with van der Waals surface area (Å²) in [4.78, 5) is 1.21. The Morgan fingerprint density at radius 3 is 2.58 bits per heavy atom. The average Bonchev–Trinajstić information content (AvgIpc) is 2.38. The Bertz CT molecular complexity index is 259. The van der Waals surface area contributed by atoms with Crippen molar-refractivity contribution in [2.75, 3.05) is 5.73 Å². The van der Waals surface area contributed by atoms with Crippen LogP contribution in [0.15, 0.2) is 30.7 Å². The molecule has 0 radical (unpaired) electrons. The maximum Gasteiger partial charge on any atom is 0.0494 e. The van der Waals surface area contributed by atoms with Gasteiger partial charge in [-0.3, -0.25) is 0 Å². The Morgan fingerprint density at radius 1 is 1.33 bits per heavy atom. The van der Waals surface area contributed by atoms with Crippen molar-refractivity contribution in [1.29, 1.82) is 0 Å². The van der Waals surface area contributed by atoms with Gasteiger partial charge in [0.25, 0.3) is 0 Å². The minimum absolute atomic E-state index is 0.861. The van der Waals surface area contributed by atoms with Crippen LogP contribution in [0.4, 0.5) is 5.69 Å². The van der Waals surface area contributed by atoms with Crippen LogP contribution in [0.1, 0.15) is 10.4 Å². The van der Waals surface area contributed by atoms with Crippen molar-refractivity contribution in [2.45, 2.75) is 12.8 Å². The lowest BCUT2D eigenvalue weighted by Crippen LogP contribution is -1.91. The second kappa shape index (κ2) is 4.12. The summed E-state index contributed by atoms with van der Waals surface area (Å²) in [5, 5.41) is 2.09. The summed E-state index contributed by atoms with van der Waals surface area (Å²) in [5.41, 5.74) is 7.99. The predicted octanol–water partition coefficient (Wildman–Crippen LogP) is 2.79. The van der Waals surface area contributed by atoms with Gasteiger partial charge in [-0.25, -0.2) is 0 Å². The number of nitrogen functional groups attached to an aromatic ring is 1. The molecule has 2 N–H and O–H groups in total. The second-order valence-corrected chi connectivity index (χ2v) is 3.55. The molecular weight excluding hydrogens is 166 g/mol. The summed E-state index contributed by atoms with van der Waals surface area (Å²) in [5.74, 6) is 0. The van der Waals surface area contributed by atoms with Crippen LogP contribution < -0.4 is 5.73 Å². The largest absolute Gasteiger partial charge is 0.398 e. The number of nitrogens with two attached hydrogens (primary N) is 1. The normalized spacial score (nSPS) is 9.67. The smallest absolute Gasteiger partial charge is 0.0494 e. The maximum atomic E-state index is 5.89. The summed E-state index contributed by atoms with van der Waals surface area (Å²) < 4.78 is 0. The van der Waals surface area contributed by atoms with Gasteiger partial charge >= 0.3 is 0 Å². The SMILES string of the molecule is C=CCc1csc(CC=C)c1N. The first-order chi connectivity index (χ1) is 5.79. The van der Waals surface area contributed by atoms with Crippen LogP contribution in [0.3, 0.4) is 0 Å². The van der Waals surface area contributed by atoms with E-state index in [0.29, 0.717) is 0 Å². The molecule has 1 heterocycles. The van der Waals surface area contributed by atoms with Gasteiger partial charge < -0.3 is 5.73 Å². The molecule has 0 aliphatic carbocycles. The summed E-state index contributed by atoms with van der Waals surface area (Å²) >= 11 is 1.70. The molecule has 0 aliphatic rings. The lowest BCUT2D eigenvalue weighted by atomic mass is 10.2. The molecule has 0 aromatic carbocycles. The molecule has 0 amide bonds. The third-order valence-corrected chi connectivity index (χ3v) is 2.76. The highest BCUT2D eigenvalue weighted by Crippen LogP contribution is 2.26. The lowest BCUT2D eigenvalue weighted by molar-refractivity contribution is 1.28. The lowest BCUT2D eigenvalue weighted by Gasteiger charge is -1.96. The molecule has 0 fully saturated rings. The van der Waals surface area contributed by atoms with Gasteiger partial charge in [0.1, 0.15) is 0 Å². The van der Waals surface area contributed by atoms with E-state index in [2.05, 4.69) is 18.5 Å². The Morgan fingerprint density at radius 2 is 2.00 bits per heavy atom. The fourth-order valence-electron chi connectivity index (χ4n) is 1.05. The highest BCUT2D eigenvalue weighted by molar-refractivity contribution is 7.10. The Kier molecular flexibility index (Phi) is 3.11. The zero-order valence-electron chi connectivity index (χ0n) is 7.05. The van der Waals surface area contributed by atoms with E-state index in [0.717, 1.165) is 18.5 Å². The summed E-state index contributed by atoms with van der Waals surface area (Å²) in [6.07, 6.45) is 5.48. The van der Waals surface area contributed by atoms with Crippen molar-refractivity contribution in [1.82, 2.24) is 0 Å². The average molecular weight is 179 g/mol. The molecule has 0 aliphatic heterocycles. The monoisotopic (exact) mass is 179 g/mol. The quantitative estimate of drug-likeness (QED) is 0.707. The molecule has 0 spiro atoms. The summed E-state index contributed by atoms with van der Waals surface area (Å²) in [6.45, 7) is 7.36. The van der Waals surface area contributed by atoms with Crippen LogP contribution >= 0.6 is 11.3 Å². The van der Waals surface area contributed by atoms with Crippen LogP contribution in [0.5, 0.6) is 0 Å². The summed E-state index contributed by atoms with van der Waals surface area (Å²) in [7, 11) is 0. The third kappa shape index (κ3) is 1.77. The second-order valence-electron chi connectivity index (χ2n) is 2.58. The standard InChI is InChI=1S/C10H13NS/c1-3-5-8-7-12-9(6-4-2)10(8)11/h3-4,7H,1-2,5-6,11H2. The van der Waals surface area contributed by atoms with Crippen molar-refractivity contribution in [3.8, 4) is 0 Å². The van der Waals surface area contributed by atoms with Gasteiger partial charge in [-0.1, -0.05) is 12.2 Å². The van der Waals surface area contributed by atoms with Gasteiger partial charge in [0.05, 0.1) is 0 Å². The first-order valence-electron chi connectivity index (χ1n) is 3.86. The molecule has 0 saturated heterocycles. The first kappa shape index (κ1) is 9.07. The van der Waals surface area contributed by atoms with Crippen LogP contribution in [-0.2, 0) is 12.8 Å². The van der Waals surface area contributed by atoms with Gasteiger partial charge in [-0.15, -0.1) is 24.5 Å². The van der Waals surface area contributed by atoms with Crippen LogP contribution in [0.2, 0.25) is 0 Å². The van der Waals surface area contributed by atoms with Crippen molar-refractivity contribution in [3.05, 3.63) is 41.1 Å². The van der Waals surface area contributed by atoms with E-state index in [1.165, 1.54) is 10.4 Å². The number of thiophene rings is 1. The Labute approximate surface area is 77.2 Å². The fraction of sp³-hybridized carbons (Fsp3) is 0.200. The molecule has 0 bridgehead atoms. The molecule has 0 atom stereocenters. The number of anilines is 1. The highest BCUT2D eigenvalue weighted by atomic mass is 32.1. The third-order valence-electron chi connectivity index (χ3n) is 1.68. The molecule has 1 aromatic heterocycles. The van der Waals surface area contributed by atoms with E-state index in [9.17, 15) is 0 Å². The van der Waals surface area contributed by atoms with E-state index < -0.39 is 0 Å². The fourth-order valence-corrected chi connectivity index (χ4v) is 2.03. The van der Waals surface area contributed by atoms with Crippen LogP contribution in [0, 0.1) is 0 Å². The van der Waals surface area contributed by atoms with Crippen molar-refractivity contribution in [2.24, 2.45) is 0 Å². The molecule has 1 nitrogen and oxygen atoms in total. The molecule has 2 heteroatoms. The van der Waals surface area contributed by atoms with E-state index >= 15 is 0 Å². The van der Waals surface area contributed by atoms with Crippen molar-refractivity contribution < 1.29 is 0 Å². The van der Waals surface area contributed by atoms with E-state index in [4.69, 9.17) is 5.73 Å². The number of allylic oxidation sites excluding steroid dienone is 2. The van der Waals surface area contributed by atoms with E-state index in [-0.39, 0.29) is 0 Å². The topological polar surface area (TPSA) is 26.0 Å². The van der Waals surface area contributed by atoms with Crippen LogP contribution in [-0.4, -0.2) is 0 Å². The minimum Gasteiger partial charge on any atom is -0.398 e. The van der Waals surface area contributed by atoms with Gasteiger partial charge in [-0.05, 0) is 17.4 Å². The molecule has 64 valence electrons. The Hall–Kier alpha value is -1.02. The number of hydrogen-bond acceptors (Lipinski definition) is 2. The van der Waals surface area contributed by atoms with Crippen molar-refractivity contribution in [3.63, 3.8) is 0 Å². The summed E-state index contributed by atoms with van der Waals surface area (Å²) in [6, 6.07) is 0. The number of rotatable bonds is 4. The van der Waals surface area contributed by atoms with Gasteiger partial charge in [0.2, 0.25) is 0 Å². The Balaban J connectivity index is 2.87. The number of hydrogen-bond donors (Lipinski definition) is 1. The van der Waals surface area contributed by atoms with Crippen molar-refractivity contribution >= 4 is 17.0 Å².